The lowest BCUT2D eigenvalue weighted by Gasteiger charge is -2.41. The Morgan fingerprint density at radius 3 is 2.00 bits per heavy atom. The maximum atomic E-state index is 11.3. The maximum absolute atomic E-state index is 11.3. The molecule has 2 heterocycles. The highest BCUT2D eigenvalue weighted by Crippen LogP contribution is 2.60. The van der Waals surface area contributed by atoms with Crippen LogP contribution in [0.2, 0.25) is 0 Å². The van der Waals surface area contributed by atoms with Gasteiger partial charge in [-0.25, -0.2) is 0 Å². The van der Waals surface area contributed by atoms with Gasteiger partial charge in [0.1, 0.15) is 5.75 Å². The number of rotatable bonds is 10. The van der Waals surface area contributed by atoms with E-state index in [0.29, 0.717) is 47.3 Å². The Morgan fingerprint density at radius 2 is 1.34 bits per heavy atom. The second-order valence-corrected chi connectivity index (χ2v) is 13.2. The number of benzene rings is 4. The van der Waals surface area contributed by atoms with Crippen molar-refractivity contribution in [2.24, 2.45) is 0 Å². The normalized spacial score (nSPS) is 18.0. The van der Waals surface area contributed by atoms with Gasteiger partial charge in [-0.05, 0) is 97.9 Å². The number of nitrogens with zero attached hydrogens (tertiary/aromatic N) is 2. The fourth-order valence-corrected chi connectivity index (χ4v) is 8.13. The Bertz CT molecular complexity index is 1920. The molecule has 10 nitrogen and oxygen atoms in total. The van der Waals surface area contributed by atoms with Crippen molar-refractivity contribution in [3.8, 4) is 62.9 Å². The van der Waals surface area contributed by atoms with Crippen molar-refractivity contribution < 1.29 is 38.3 Å². The number of fused-ring (bicyclic) bond motifs is 3. The average molecular weight is 683 g/mol. The number of likely N-dealkylation sites (N-methyl/N-ethyl adjacent to an activating group) is 2. The van der Waals surface area contributed by atoms with E-state index in [4.69, 9.17) is 33.2 Å². The minimum absolute atomic E-state index is 0.0104. The minimum atomic E-state index is -0.0104. The molecule has 4 aromatic rings. The molecule has 0 amide bonds. The summed E-state index contributed by atoms with van der Waals surface area (Å²) in [6.07, 6.45) is 3.14. The summed E-state index contributed by atoms with van der Waals surface area (Å²) in [7, 11) is 14.1. The first-order valence-electron chi connectivity index (χ1n) is 17.0. The number of hydrogen-bond acceptors (Lipinski definition) is 10. The first-order chi connectivity index (χ1) is 24.3. The van der Waals surface area contributed by atoms with Gasteiger partial charge in [-0.1, -0.05) is 12.1 Å². The molecule has 10 heteroatoms. The standard InChI is InChI=1S/C40H46N2O8/c1-41-15-13-23-18-31(44-3)32(45-4)20-26(23)29(41)17-22-9-11-24(12-10-22)50-37-28-19-30-34-25(14-16-42(30)2)36(43)40(49-8)39(48-7)35(34)27(28)21-33(46-5)38(37)47-6/h9-12,18,20-21,29-30,43H,13-17,19H2,1-8H3/t29-,30+/m1/s1. The summed E-state index contributed by atoms with van der Waals surface area (Å²) in [5.74, 6) is 4.80. The number of phenols is 1. The molecule has 2 aliphatic heterocycles. The van der Waals surface area contributed by atoms with Gasteiger partial charge in [0.15, 0.2) is 34.5 Å². The summed E-state index contributed by atoms with van der Waals surface area (Å²) < 4.78 is 41.6. The molecule has 0 radical (unpaired) electrons. The molecule has 0 saturated heterocycles. The molecule has 0 saturated carbocycles. The first kappa shape index (κ1) is 33.7. The predicted octanol–water partition coefficient (Wildman–Crippen LogP) is 6.76. The number of hydrogen-bond donors (Lipinski definition) is 1. The van der Waals surface area contributed by atoms with Crippen LogP contribution in [0.4, 0.5) is 0 Å². The predicted molar refractivity (Wildman–Crippen MR) is 191 cm³/mol. The molecule has 0 unspecified atom stereocenters. The molecule has 0 fully saturated rings. The van der Waals surface area contributed by atoms with E-state index in [2.05, 4.69) is 48.2 Å². The van der Waals surface area contributed by atoms with Crippen molar-refractivity contribution in [3.63, 3.8) is 0 Å². The van der Waals surface area contributed by atoms with E-state index in [9.17, 15) is 5.11 Å². The monoisotopic (exact) mass is 682 g/mol. The molecule has 1 aliphatic carbocycles. The van der Waals surface area contributed by atoms with Crippen molar-refractivity contribution in [3.05, 3.63) is 75.8 Å². The minimum Gasteiger partial charge on any atom is -0.504 e. The number of methoxy groups -OCH3 is 6. The third kappa shape index (κ3) is 5.41. The Balaban J connectivity index is 1.27. The fraction of sp³-hybridized carbons (Fsp3) is 0.400. The van der Waals surface area contributed by atoms with Crippen LogP contribution in [0, 0.1) is 0 Å². The number of phenolic OH excluding ortho intramolecular Hbond substituents is 1. The molecule has 0 bridgehead atoms. The smallest absolute Gasteiger partial charge is 0.204 e. The summed E-state index contributed by atoms with van der Waals surface area (Å²) in [4.78, 5) is 4.72. The zero-order valence-corrected chi connectivity index (χ0v) is 30.1. The van der Waals surface area contributed by atoms with Crippen molar-refractivity contribution in [2.75, 3.05) is 69.8 Å². The van der Waals surface area contributed by atoms with E-state index >= 15 is 0 Å². The van der Waals surface area contributed by atoms with Gasteiger partial charge in [-0.15, -0.1) is 0 Å². The third-order valence-corrected chi connectivity index (χ3v) is 10.8. The van der Waals surface area contributed by atoms with Crippen molar-refractivity contribution in [1.82, 2.24) is 9.80 Å². The highest BCUT2D eigenvalue weighted by Gasteiger charge is 2.41. The van der Waals surface area contributed by atoms with E-state index in [1.165, 1.54) is 16.7 Å². The molecule has 7 rings (SSSR count). The molecular weight excluding hydrogens is 636 g/mol. The Kier molecular flexibility index (Phi) is 9.09. The largest absolute Gasteiger partial charge is 0.504 e. The highest BCUT2D eigenvalue weighted by molar-refractivity contribution is 5.89. The molecule has 50 heavy (non-hydrogen) atoms. The van der Waals surface area contributed by atoms with Crippen LogP contribution in [0.3, 0.4) is 0 Å². The van der Waals surface area contributed by atoms with Crippen LogP contribution < -0.4 is 33.2 Å². The van der Waals surface area contributed by atoms with E-state index in [-0.39, 0.29) is 17.8 Å². The highest BCUT2D eigenvalue weighted by atomic mass is 16.5. The summed E-state index contributed by atoms with van der Waals surface area (Å²) in [6.45, 7) is 1.76. The van der Waals surface area contributed by atoms with Crippen LogP contribution in [-0.4, -0.2) is 84.7 Å². The molecular formula is C40H46N2O8. The van der Waals surface area contributed by atoms with Crippen molar-refractivity contribution in [1.29, 1.82) is 0 Å². The molecule has 264 valence electrons. The third-order valence-electron chi connectivity index (χ3n) is 10.8. The average Bonchev–Trinajstić information content (AvgIpc) is 3.14. The van der Waals surface area contributed by atoms with Gasteiger partial charge in [0, 0.05) is 41.9 Å². The van der Waals surface area contributed by atoms with Gasteiger partial charge >= 0.3 is 0 Å². The number of ether oxygens (including phenoxy) is 7. The molecule has 0 spiro atoms. The van der Waals surface area contributed by atoms with E-state index in [0.717, 1.165) is 65.2 Å². The van der Waals surface area contributed by atoms with Gasteiger partial charge in [0.25, 0.3) is 0 Å². The number of aromatic hydroxyl groups is 1. The lowest BCUT2D eigenvalue weighted by molar-refractivity contribution is 0.221. The lowest BCUT2D eigenvalue weighted by atomic mass is 9.75. The quantitative estimate of drug-likeness (QED) is 0.194. The molecule has 3 aliphatic rings. The van der Waals surface area contributed by atoms with E-state index in [1.54, 1.807) is 42.7 Å². The zero-order chi connectivity index (χ0) is 35.3. The summed E-state index contributed by atoms with van der Waals surface area (Å²) in [6, 6.07) is 14.7. The summed E-state index contributed by atoms with van der Waals surface area (Å²) in [5.41, 5.74) is 8.44. The van der Waals surface area contributed by atoms with E-state index < -0.39 is 0 Å². The summed E-state index contributed by atoms with van der Waals surface area (Å²) >= 11 is 0. The van der Waals surface area contributed by atoms with Crippen LogP contribution in [-0.2, 0) is 25.7 Å². The van der Waals surface area contributed by atoms with Crippen molar-refractivity contribution >= 4 is 0 Å². The van der Waals surface area contributed by atoms with Crippen LogP contribution in [0.1, 0.15) is 45.5 Å². The molecule has 0 aromatic heterocycles. The van der Waals surface area contributed by atoms with Gasteiger partial charge in [0.05, 0.1) is 42.7 Å². The van der Waals surface area contributed by atoms with Crippen LogP contribution in [0.5, 0.6) is 51.7 Å². The first-order valence-corrected chi connectivity index (χ1v) is 17.0. The van der Waals surface area contributed by atoms with Gasteiger partial charge in [-0.3, -0.25) is 9.80 Å². The topological polar surface area (TPSA) is 91.3 Å². The Hall–Kier alpha value is -4.80. The fourth-order valence-electron chi connectivity index (χ4n) is 8.13. The lowest BCUT2D eigenvalue weighted by Crippen LogP contribution is -2.36. The molecule has 4 aromatic carbocycles. The van der Waals surface area contributed by atoms with Crippen molar-refractivity contribution in [2.45, 2.75) is 37.8 Å². The van der Waals surface area contributed by atoms with Gasteiger partial charge < -0.3 is 38.3 Å². The van der Waals surface area contributed by atoms with Crippen LogP contribution in [0.25, 0.3) is 11.1 Å². The second-order valence-electron chi connectivity index (χ2n) is 13.2. The SMILES string of the molecule is COc1cc2c(cc1OC)[C@@H](Cc1ccc(Oc3c4c(cc(OC)c3OC)-c3c(OC)c(OC)c(O)c5c3[C@H](C4)N(C)CC5)cc1)N(C)CC2. The van der Waals surface area contributed by atoms with Crippen LogP contribution >= 0.6 is 0 Å². The second kappa shape index (κ2) is 13.5. The Morgan fingerprint density at radius 1 is 0.680 bits per heavy atom. The maximum Gasteiger partial charge on any atom is 0.204 e. The van der Waals surface area contributed by atoms with E-state index in [1.807, 2.05) is 18.2 Å². The zero-order valence-electron chi connectivity index (χ0n) is 30.1. The summed E-state index contributed by atoms with van der Waals surface area (Å²) in [5, 5.41) is 11.3. The van der Waals surface area contributed by atoms with Gasteiger partial charge in [0.2, 0.25) is 11.5 Å². The molecule has 2 atom stereocenters. The molecule has 1 N–H and O–H groups in total. The Labute approximate surface area is 294 Å². The van der Waals surface area contributed by atoms with Crippen LogP contribution in [0.15, 0.2) is 42.5 Å². The van der Waals surface area contributed by atoms with Gasteiger partial charge in [-0.2, -0.15) is 0 Å².